The highest BCUT2D eigenvalue weighted by atomic mass is 32.2. The van der Waals surface area contributed by atoms with Crippen LogP contribution in [0.2, 0.25) is 0 Å². The Hall–Kier alpha value is -2.34. The van der Waals surface area contributed by atoms with E-state index in [1.54, 1.807) is 25.1 Å². The molecule has 1 atom stereocenters. The zero-order valence-corrected chi connectivity index (χ0v) is 17.2. The van der Waals surface area contributed by atoms with Gasteiger partial charge < -0.3 is 10.2 Å². The van der Waals surface area contributed by atoms with Crippen molar-refractivity contribution in [3.05, 3.63) is 66.0 Å². The van der Waals surface area contributed by atoms with Gasteiger partial charge in [-0.05, 0) is 31.5 Å². The third-order valence-corrected chi connectivity index (χ3v) is 5.40. The molecule has 1 unspecified atom stereocenters. The number of hydrogen-bond donors (Lipinski definition) is 1. The summed E-state index contributed by atoms with van der Waals surface area (Å²) in [4.78, 5) is 27.8. The molecule has 2 aromatic rings. The van der Waals surface area contributed by atoms with Crippen LogP contribution < -0.4 is 5.32 Å². The molecule has 0 aliphatic carbocycles. The molecule has 0 aliphatic rings. The van der Waals surface area contributed by atoms with E-state index < -0.39 is 6.04 Å². The number of rotatable bonds is 10. The first-order chi connectivity index (χ1) is 13.5. The summed E-state index contributed by atoms with van der Waals surface area (Å²) in [7, 11) is 0. The molecule has 0 aliphatic heterocycles. The highest BCUT2D eigenvalue weighted by Crippen LogP contribution is 2.20. The molecule has 0 radical (unpaired) electrons. The predicted octanol–water partition coefficient (Wildman–Crippen LogP) is 4.25. The highest BCUT2D eigenvalue weighted by Gasteiger charge is 2.26. The summed E-state index contributed by atoms with van der Waals surface area (Å²) < 4.78 is 14.1. The summed E-state index contributed by atoms with van der Waals surface area (Å²) >= 11 is 1.41. The van der Waals surface area contributed by atoms with Crippen LogP contribution in [-0.4, -0.2) is 35.1 Å². The molecule has 28 heavy (non-hydrogen) atoms. The van der Waals surface area contributed by atoms with Crippen molar-refractivity contribution in [1.82, 2.24) is 10.2 Å². The van der Waals surface area contributed by atoms with Crippen LogP contribution in [0.4, 0.5) is 4.39 Å². The van der Waals surface area contributed by atoms with Crippen LogP contribution in [-0.2, 0) is 16.1 Å². The van der Waals surface area contributed by atoms with E-state index in [2.05, 4.69) is 5.32 Å². The molecule has 6 heteroatoms. The third-order valence-electron chi connectivity index (χ3n) is 4.40. The minimum Gasteiger partial charge on any atom is -0.354 e. The summed E-state index contributed by atoms with van der Waals surface area (Å²) in [6.07, 6.45) is 1.85. The summed E-state index contributed by atoms with van der Waals surface area (Å²) in [6.45, 7) is 4.36. The Labute approximate surface area is 170 Å². The summed E-state index contributed by atoms with van der Waals surface area (Å²) in [5, 5.41) is 2.86. The van der Waals surface area contributed by atoms with Gasteiger partial charge in [-0.3, -0.25) is 9.59 Å². The quantitative estimate of drug-likeness (QED) is 0.477. The van der Waals surface area contributed by atoms with E-state index in [4.69, 9.17) is 0 Å². The van der Waals surface area contributed by atoms with Gasteiger partial charge in [0.15, 0.2) is 0 Å². The average molecular weight is 403 g/mol. The van der Waals surface area contributed by atoms with Crippen molar-refractivity contribution in [3.63, 3.8) is 0 Å². The molecular formula is C22H27FN2O2S. The van der Waals surface area contributed by atoms with Gasteiger partial charge in [-0.25, -0.2) is 4.39 Å². The molecule has 0 saturated carbocycles. The van der Waals surface area contributed by atoms with E-state index in [-0.39, 0.29) is 29.9 Å². The van der Waals surface area contributed by atoms with Crippen LogP contribution in [0.15, 0.2) is 59.5 Å². The van der Waals surface area contributed by atoms with Crippen molar-refractivity contribution >= 4 is 23.6 Å². The lowest BCUT2D eigenvalue weighted by atomic mass is 10.1. The summed E-state index contributed by atoms with van der Waals surface area (Å²) in [5.74, 6) is -0.613. The third kappa shape index (κ3) is 6.68. The molecule has 0 saturated heterocycles. The molecule has 0 bridgehead atoms. The van der Waals surface area contributed by atoms with Crippen LogP contribution in [0.25, 0.3) is 0 Å². The Kier molecular flexibility index (Phi) is 9.01. The topological polar surface area (TPSA) is 49.4 Å². The molecule has 2 rings (SSSR count). The maximum Gasteiger partial charge on any atom is 0.242 e. The standard InChI is InChI=1S/C22H27FN2O2S/c1-3-4-14-24-22(27)17(2)25(15-18-10-8-9-13-20(18)23)21(26)16-28-19-11-6-5-7-12-19/h5-13,17H,3-4,14-16H2,1-2H3,(H,24,27). The molecule has 4 nitrogen and oxygen atoms in total. The van der Waals surface area contributed by atoms with Crippen LogP contribution in [0.3, 0.4) is 0 Å². The van der Waals surface area contributed by atoms with E-state index in [9.17, 15) is 14.0 Å². The number of halogens is 1. The first-order valence-electron chi connectivity index (χ1n) is 9.51. The second-order valence-electron chi connectivity index (χ2n) is 6.54. The number of hydrogen-bond acceptors (Lipinski definition) is 3. The zero-order valence-electron chi connectivity index (χ0n) is 16.4. The minimum absolute atomic E-state index is 0.0588. The number of carbonyl (C=O) groups is 2. The van der Waals surface area contributed by atoms with E-state index in [1.165, 1.54) is 22.7 Å². The Bertz CT molecular complexity index is 770. The van der Waals surface area contributed by atoms with Gasteiger partial charge in [0.1, 0.15) is 11.9 Å². The smallest absolute Gasteiger partial charge is 0.242 e. The second kappa shape index (κ2) is 11.5. The van der Waals surface area contributed by atoms with E-state index in [0.29, 0.717) is 12.1 Å². The average Bonchev–Trinajstić information content (AvgIpc) is 2.71. The molecule has 1 N–H and O–H groups in total. The minimum atomic E-state index is -0.680. The van der Waals surface area contributed by atoms with E-state index in [1.807, 2.05) is 37.3 Å². The predicted molar refractivity (Wildman–Crippen MR) is 111 cm³/mol. The van der Waals surface area contributed by atoms with Crippen molar-refractivity contribution in [3.8, 4) is 0 Å². The maximum atomic E-state index is 14.1. The van der Waals surface area contributed by atoms with Gasteiger partial charge in [0.2, 0.25) is 11.8 Å². The number of nitrogens with one attached hydrogen (secondary N) is 1. The molecule has 2 aromatic carbocycles. The van der Waals surface area contributed by atoms with Crippen LogP contribution in [0.5, 0.6) is 0 Å². The fourth-order valence-corrected chi connectivity index (χ4v) is 3.48. The fourth-order valence-electron chi connectivity index (χ4n) is 2.67. The number of benzene rings is 2. The van der Waals surface area contributed by atoms with Crippen LogP contribution in [0, 0.1) is 5.82 Å². The molecular weight excluding hydrogens is 375 g/mol. The van der Waals surface area contributed by atoms with Crippen molar-refractivity contribution in [2.75, 3.05) is 12.3 Å². The van der Waals surface area contributed by atoms with Crippen molar-refractivity contribution < 1.29 is 14.0 Å². The van der Waals surface area contributed by atoms with Gasteiger partial charge in [0.25, 0.3) is 0 Å². The second-order valence-corrected chi connectivity index (χ2v) is 7.58. The summed E-state index contributed by atoms with van der Waals surface area (Å²) in [5.41, 5.74) is 0.397. The number of thioether (sulfide) groups is 1. The largest absolute Gasteiger partial charge is 0.354 e. The molecule has 0 aromatic heterocycles. The summed E-state index contributed by atoms with van der Waals surface area (Å²) in [6, 6.07) is 15.3. The SMILES string of the molecule is CCCCNC(=O)C(C)N(Cc1ccccc1F)C(=O)CSc1ccccc1. The Morgan fingerprint density at radius 1 is 1.11 bits per heavy atom. The van der Waals surface area contributed by atoms with Gasteiger partial charge in [0, 0.05) is 23.5 Å². The Morgan fingerprint density at radius 2 is 1.79 bits per heavy atom. The van der Waals surface area contributed by atoms with E-state index in [0.717, 1.165) is 17.7 Å². The zero-order chi connectivity index (χ0) is 20.4. The van der Waals surface area contributed by atoms with Crippen molar-refractivity contribution in [1.29, 1.82) is 0 Å². The van der Waals surface area contributed by atoms with E-state index >= 15 is 0 Å². The van der Waals surface area contributed by atoms with Gasteiger partial charge in [-0.2, -0.15) is 0 Å². The molecule has 150 valence electrons. The number of nitrogens with zero attached hydrogens (tertiary/aromatic N) is 1. The maximum absolute atomic E-state index is 14.1. The number of carbonyl (C=O) groups excluding carboxylic acids is 2. The molecule has 0 fully saturated rings. The lowest BCUT2D eigenvalue weighted by Gasteiger charge is -2.29. The lowest BCUT2D eigenvalue weighted by Crippen LogP contribution is -2.48. The Morgan fingerprint density at radius 3 is 2.46 bits per heavy atom. The van der Waals surface area contributed by atoms with Crippen LogP contribution >= 0.6 is 11.8 Å². The van der Waals surface area contributed by atoms with Crippen molar-refractivity contribution in [2.45, 2.75) is 44.2 Å². The van der Waals surface area contributed by atoms with Gasteiger partial charge in [-0.1, -0.05) is 49.7 Å². The van der Waals surface area contributed by atoms with Gasteiger partial charge in [0.05, 0.1) is 5.75 Å². The van der Waals surface area contributed by atoms with Gasteiger partial charge >= 0.3 is 0 Å². The number of unbranched alkanes of at least 4 members (excludes halogenated alkanes) is 1. The first-order valence-corrected chi connectivity index (χ1v) is 10.5. The monoisotopic (exact) mass is 402 g/mol. The molecule has 0 spiro atoms. The van der Waals surface area contributed by atoms with Gasteiger partial charge in [-0.15, -0.1) is 11.8 Å². The highest BCUT2D eigenvalue weighted by molar-refractivity contribution is 8.00. The Balaban J connectivity index is 2.11. The lowest BCUT2D eigenvalue weighted by molar-refractivity contribution is -0.138. The number of amides is 2. The fraction of sp³-hybridized carbons (Fsp3) is 0.364. The van der Waals surface area contributed by atoms with Crippen molar-refractivity contribution in [2.24, 2.45) is 0 Å². The first kappa shape index (κ1) is 22.0. The molecule has 2 amide bonds. The molecule has 0 heterocycles. The normalized spacial score (nSPS) is 11.7. The van der Waals surface area contributed by atoms with Crippen LogP contribution in [0.1, 0.15) is 32.3 Å².